The van der Waals surface area contributed by atoms with E-state index in [4.69, 9.17) is 16.3 Å². The summed E-state index contributed by atoms with van der Waals surface area (Å²) in [7, 11) is -3.87. The van der Waals surface area contributed by atoms with Crippen LogP contribution in [0.3, 0.4) is 0 Å². The Morgan fingerprint density at radius 1 is 1.03 bits per heavy atom. The molecule has 3 rings (SSSR count). The summed E-state index contributed by atoms with van der Waals surface area (Å²) in [5, 5.41) is -0.566. The van der Waals surface area contributed by atoms with Crippen LogP contribution in [0, 0.1) is 20.8 Å². The molecule has 2 aromatic carbocycles. The number of rotatable bonds is 5. The fraction of sp³-hybridized carbons (Fsp3) is 0.190. The molecule has 0 spiro atoms. The third kappa shape index (κ3) is 4.99. The van der Waals surface area contributed by atoms with Gasteiger partial charge in [0.25, 0.3) is 0 Å². The smallest absolute Gasteiger partial charge is 0.364 e. The van der Waals surface area contributed by atoms with Crippen molar-refractivity contribution >= 4 is 27.4 Å². The van der Waals surface area contributed by atoms with Gasteiger partial charge in [0, 0.05) is 0 Å². The van der Waals surface area contributed by atoms with Gasteiger partial charge in [-0.05, 0) is 38.0 Å². The van der Waals surface area contributed by atoms with Crippen molar-refractivity contribution in [3.63, 3.8) is 0 Å². The number of hydrogen-bond donors (Lipinski definition) is 0. The highest BCUT2D eigenvalue weighted by Gasteiger charge is 2.24. The van der Waals surface area contributed by atoms with Crippen LogP contribution in [0.15, 0.2) is 53.8 Å². The molecule has 1 heterocycles. The molecule has 29 heavy (non-hydrogen) atoms. The van der Waals surface area contributed by atoms with Gasteiger partial charge >= 0.3 is 5.97 Å². The number of sulfone groups is 1. The molecule has 1 aromatic heterocycles. The number of nitrogens with zero attached hydrogens (tertiary/aromatic N) is 2. The summed E-state index contributed by atoms with van der Waals surface area (Å²) in [5.74, 6) is -0.795. The number of carbonyl (C=O) groups excluding carboxylic acids is 1. The fourth-order valence-corrected chi connectivity index (χ4v) is 4.05. The third-order valence-electron chi connectivity index (χ3n) is 4.20. The Hall–Kier alpha value is -2.77. The molecule has 0 aliphatic carbocycles. The van der Waals surface area contributed by atoms with Crippen LogP contribution in [0.1, 0.15) is 32.7 Å². The van der Waals surface area contributed by atoms with Gasteiger partial charge in [-0.3, -0.25) is 0 Å². The maximum atomic E-state index is 12.7. The minimum absolute atomic E-state index is 0.0888. The summed E-state index contributed by atoms with van der Waals surface area (Å²) in [4.78, 5) is 20.3. The summed E-state index contributed by atoms with van der Waals surface area (Å²) in [6.45, 7) is 5.63. The van der Waals surface area contributed by atoms with Crippen molar-refractivity contribution < 1.29 is 17.9 Å². The molecule has 8 heteroatoms. The van der Waals surface area contributed by atoms with E-state index in [1.807, 2.05) is 32.0 Å². The second-order valence-electron chi connectivity index (χ2n) is 6.75. The van der Waals surface area contributed by atoms with Gasteiger partial charge in [0.15, 0.2) is 5.69 Å². The fourth-order valence-electron chi connectivity index (χ4n) is 2.67. The van der Waals surface area contributed by atoms with Gasteiger partial charge in [-0.2, -0.15) is 0 Å². The van der Waals surface area contributed by atoms with Crippen LogP contribution in [0.2, 0.25) is 5.02 Å². The number of aromatic nitrogens is 2. The standard InChI is InChI=1S/C21H19ClN2O4S/c1-13-4-7-16(8-5-13)12-29(26,27)21-23-11-17(22)19(24-21)20(25)28-18-9-6-14(2)10-15(18)3/h4-11H,12H2,1-3H3. The lowest BCUT2D eigenvalue weighted by atomic mass is 10.1. The topological polar surface area (TPSA) is 86.2 Å². The maximum Gasteiger partial charge on any atom is 0.364 e. The molecule has 0 aliphatic heterocycles. The van der Waals surface area contributed by atoms with E-state index in [0.717, 1.165) is 22.9 Å². The number of carbonyl (C=O) groups is 1. The average Bonchev–Trinajstić information content (AvgIpc) is 2.66. The lowest BCUT2D eigenvalue weighted by molar-refractivity contribution is 0.0726. The molecule has 6 nitrogen and oxygen atoms in total. The van der Waals surface area contributed by atoms with Crippen molar-refractivity contribution in [3.05, 3.63) is 81.6 Å². The molecule has 0 saturated carbocycles. The van der Waals surface area contributed by atoms with E-state index in [1.165, 1.54) is 0 Å². The van der Waals surface area contributed by atoms with Crippen molar-refractivity contribution in [2.75, 3.05) is 0 Å². The van der Waals surface area contributed by atoms with Gasteiger partial charge < -0.3 is 4.74 Å². The Bertz CT molecular complexity index is 1180. The second kappa shape index (κ2) is 8.31. The first-order valence-electron chi connectivity index (χ1n) is 8.76. The number of esters is 1. The van der Waals surface area contributed by atoms with Gasteiger partial charge in [-0.25, -0.2) is 23.2 Å². The molecule has 0 aliphatic rings. The predicted molar refractivity (Wildman–Crippen MR) is 110 cm³/mol. The Balaban J connectivity index is 1.88. The molecule has 0 saturated heterocycles. The average molecular weight is 431 g/mol. The molecule has 150 valence electrons. The molecule has 0 atom stereocenters. The lowest BCUT2D eigenvalue weighted by Gasteiger charge is -2.10. The zero-order valence-corrected chi connectivity index (χ0v) is 17.7. The SMILES string of the molecule is Cc1ccc(CS(=O)(=O)c2ncc(Cl)c(C(=O)Oc3ccc(C)cc3C)n2)cc1. The summed E-state index contributed by atoms with van der Waals surface area (Å²) in [6, 6.07) is 12.4. The van der Waals surface area contributed by atoms with Crippen LogP contribution in [-0.2, 0) is 15.6 Å². The van der Waals surface area contributed by atoms with Crippen LogP contribution in [0.25, 0.3) is 0 Å². The van der Waals surface area contributed by atoms with Gasteiger partial charge in [0.2, 0.25) is 15.0 Å². The summed E-state index contributed by atoms with van der Waals surface area (Å²) < 4.78 is 30.8. The van der Waals surface area contributed by atoms with Crippen LogP contribution in [-0.4, -0.2) is 24.4 Å². The third-order valence-corrected chi connectivity index (χ3v) is 5.95. The van der Waals surface area contributed by atoms with E-state index < -0.39 is 21.0 Å². The molecular weight excluding hydrogens is 412 g/mol. The van der Waals surface area contributed by atoms with Gasteiger partial charge in [0.05, 0.1) is 17.0 Å². The summed E-state index contributed by atoms with van der Waals surface area (Å²) in [6.07, 6.45) is 1.09. The van der Waals surface area contributed by atoms with E-state index >= 15 is 0 Å². The zero-order chi connectivity index (χ0) is 21.2. The predicted octanol–water partition coefficient (Wildman–Crippen LogP) is 4.25. The Morgan fingerprint density at radius 2 is 1.69 bits per heavy atom. The molecule has 0 N–H and O–H groups in total. The number of benzene rings is 2. The highest BCUT2D eigenvalue weighted by Crippen LogP contribution is 2.23. The van der Waals surface area contributed by atoms with Crippen LogP contribution in [0.5, 0.6) is 5.75 Å². The molecule has 0 unspecified atom stereocenters. The number of ether oxygens (including phenoxy) is 1. The van der Waals surface area contributed by atoms with Gasteiger partial charge in [-0.15, -0.1) is 0 Å². The minimum Gasteiger partial charge on any atom is -0.421 e. The maximum absolute atomic E-state index is 12.7. The van der Waals surface area contributed by atoms with E-state index in [-0.39, 0.29) is 16.5 Å². The van der Waals surface area contributed by atoms with Crippen molar-refractivity contribution in [1.82, 2.24) is 9.97 Å². The Morgan fingerprint density at radius 3 is 2.34 bits per heavy atom. The van der Waals surface area contributed by atoms with Gasteiger partial charge in [-0.1, -0.05) is 59.1 Å². The first-order chi connectivity index (χ1) is 13.7. The monoisotopic (exact) mass is 430 g/mol. The first-order valence-corrected chi connectivity index (χ1v) is 10.8. The van der Waals surface area contributed by atoms with E-state index in [1.54, 1.807) is 31.2 Å². The quantitative estimate of drug-likeness (QED) is 0.341. The normalized spacial score (nSPS) is 11.3. The molecule has 0 amide bonds. The molecule has 0 fully saturated rings. The second-order valence-corrected chi connectivity index (χ2v) is 9.04. The molecule has 0 bridgehead atoms. The first kappa shape index (κ1) is 21.0. The number of halogens is 1. The number of aryl methyl sites for hydroxylation is 3. The molecule has 3 aromatic rings. The lowest BCUT2D eigenvalue weighted by Crippen LogP contribution is -2.17. The van der Waals surface area contributed by atoms with Crippen LogP contribution < -0.4 is 4.74 Å². The number of hydrogen-bond acceptors (Lipinski definition) is 6. The van der Waals surface area contributed by atoms with Crippen molar-refractivity contribution in [2.45, 2.75) is 31.7 Å². The highest BCUT2D eigenvalue weighted by atomic mass is 35.5. The van der Waals surface area contributed by atoms with Crippen molar-refractivity contribution in [3.8, 4) is 5.75 Å². The van der Waals surface area contributed by atoms with Crippen LogP contribution in [0.4, 0.5) is 0 Å². The summed E-state index contributed by atoms with van der Waals surface area (Å²) >= 11 is 6.03. The minimum atomic E-state index is -3.87. The van der Waals surface area contributed by atoms with E-state index in [9.17, 15) is 13.2 Å². The zero-order valence-electron chi connectivity index (χ0n) is 16.1. The molecule has 0 radical (unpaired) electrons. The largest absolute Gasteiger partial charge is 0.421 e. The Kier molecular flexibility index (Phi) is 6.00. The highest BCUT2D eigenvalue weighted by molar-refractivity contribution is 7.90. The van der Waals surface area contributed by atoms with Crippen molar-refractivity contribution in [1.29, 1.82) is 0 Å². The van der Waals surface area contributed by atoms with Crippen LogP contribution >= 0.6 is 11.6 Å². The van der Waals surface area contributed by atoms with E-state index in [2.05, 4.69) is 9.97 Å². The van der Waals surface area contributed by atoms with Crippen molar-refractivity contribution in [2.24, 2.45) is 0 Å². The molecular formula is C21H19ClN2O4S. The van der Waals surface area contributed by atoms with E-state index in [0.29, 0.717) is 11.3 Å². The summed E-state index contributed by atoms with van der Waals surface area (Å²) in [5.41, 5.74) is 3.09. The van der Waals surface area contributed by atoms with Gasteiger partial charge in [0.1, 0.15) is 5.75 Å². The Labute approximate surface area is 174 Å².